The van der Waals surface area contributed by atoms with E-state index in [1.807, 2.05) is 31.3 Å². The molecule has 0 heterocycles. The molecule has 0 bridgehead atoms. The molecule has 17 heavy (non-hydrogen) atoms. The minimum atomic E-state index is -0.921. The molecule has 0 saturated carbocycles. The van der Waals surface area contributed by atoms with Gasteiger partial charge in [0.1, 0.15) is 5.75 Å². The molecule has 0 aromatic heterocycles. The molecule has 3 nitrogen and oxygen atoms in total. The zero-order chi connectivity index (χ0) is 12.7. The Kier molecular flexibility index (Phi) is 6.22. The molecule has 0 aliphatic heterocycles. The van der Waals surface area contributed by atoms with Gasteiger partial charge in [-0.1, -0.05) is 6.07 Å². The number of rotatable bonds is 7. The van der Waals surface area contributed by atoms with Crippen molar-refractivity contribution in [2.24, 2.45) is 0 Å². The van der Waals surface area contributed by atoms with Gasteiger partial charge in [-0.15, -0.1) is 0 Å². The predicted molar refractivity (Wildman–Crippen MR) is 72.0 cm³/mol. The van der Waals surface area contributed by atoms with Crippen molar-refractivity contribution < 1.29 is 8.95 Å². The van der Waals surface area contributed by atoms with E-state index in [4.69, 9.17) is 4.74 Å². The molecule has 0 amide bonds. The summed E-state index contributed by atoms with van der Waals surface area (Å²) in [6.07, 6.45) is 2.01. The largest absolute Gasteiger partial charge is 0.497 e. The van der Waals surface area contributed by atoms with Gasteiger partial charge in [-0.3, -0.25) is 4.21 Å². The van der Waals surface area contributed by atoms with Crippen LogP contribution in [0.5, 0.6) is 5.75 Å². The van der Waals surface area contributed by atoms with E-state index in [-0.39, 0.29) is 0 Å². The lowest BCUT2D eigenvalue weighted by Crippen LogP contribution is -2.21. The Labute approximate surface area is 106 Å². The Morgan fingerprint density at radius 1 is 1.47 bits per heavy atom. The Morgan fingerprint density at radius 2 is 2.24 bits per heavy atom. The number of hydrogen-bond donors (Lipinski definition) is 1. The molecule has 1 rings (SSSR count). The zero-order valence-corrected chi connectivity index (χ0v) is 11.5. The second-order valence-corrected chi connectivity index (χ2v) is 5.63. The highest BCUT2D eigenvalue weighted by atomic mass is 32.2. The van der Waals surface area contributed by atoms with Crippen molar-refractivity contribution in [1.82, 2.24) is 5.32 Å². The highest BCUT2D eigenvalue weighted by molar-refractivity contribution is 7.85. The summed E-state index contributed by atoms with van der Waals surface area (Å²) in [6.45, 7) is 2.13. The lowest BCUT2D eigenvalue weighted by atomic mass is 10.2. The van der Waals surface area contributed by atoms with Gasteiger partial charge in [0.05, 0.1) is 17.9 Å². The first-order valence-electron chi connectivity index (χ1n) is 5.87. The fourth-order valence-electron chi connectivity index (χ4n) is 1.53. The SMILES string of the molecule is CNC(C)CCCS(=O)c1cccc(OC)c1. The molecule has 2 atom stereocenters. The second-order valence-electron chi connectivity index (χ2n) is 4.06. The average Bonchev–Trinajstić information content (AvgIpc) is 2.38. The molecule has 0 spiro atoms. The van der Waals surface area contributed by atoms with Gasteiger partial charge in [-0.25, -0.2) is 0 Å². The molecular formula is C13H21NO2S. The molecule has 1 N–H and O–H groups in total. The Balaban J connectivity index is 2.46. The highest BCUT2D eigenvalue weighted by Gasteiger charge is 2.06. The third-order valence-corrected chi connectivity index (χ3v) is 4.20. The van der Waals surface area contributed by atoms with Crippen molar-refractivity contribution in [2.75, 3.05) is 19.9 Å². The maximum atomic E-state index is 12.0. The Bertz CT molecular complexity index is 368. The van der Waals surface area contributed by atoms with Crippen LogP contribution in [0.2, 0.25) is 0 Å². The van der Waals surface area contributed by atoms with Gasteiger partial charge < -0.3 is 10.1 Å². The standard InChI is InChI=1S/C13H21NO2S/c1-11(14-2)6-5-9-17(15)13-8-4-7-12(10-13)16-3/h4,7-8,10-11,14H,5-6,9H2,1-3H3. The molecule has 0 fully saturated rings. The van der Waals surface area contributed by atoms with Crippen molar-refractivity contribution in [2.45, 2.75) is 30.7 Å². The monoisotopic (exact) mass is 255 g/mol. The summed E-state index contributed by atoms with van der Waals surface area (Å²) in [5.74, 6) is 1.47. The Morgan fingerprint density at radius 3 is 2.88 bits per heavy atom. The first-order valence-corrected chi connectivity index (χ1v) is 7.19. The number of nitrogens with one attached hydrogen (secondary N) is 1. The van der Waals surface area contributed by atoms with E-state index in [0.717, 1.165) is 23.5 Å². The highest BCUT2D eigenvalue weighted by Crippen LogP contribution is 2.16. The summed E-state index contributed by atoms with van der Waals surface area (Å²) in [6, 6.07) is 7.96. The van der Waals surface area contributed by atoms with Gasteiger partial charge in [0.2, 0.25) is 0 Å². The topological polar surface area (TPSA) is 38.3 Å². The van der Waals surface area contributed by atoms with Gasteiger partial charge in [0, 0.05) is 16.7 Å². The van der Waals surface area contributed by atoms with E-state index < -0.39 is 10.8 Å². The number of hydrogen-bond acceptors (Lipinski definition) is 3. The lowest BCUT2D eigenvalue weighted by Gasteiger charge is -2.09. The van der Waals surface area contributed by atoms with E-state index in [9.17, 15) is 4.21 Å². The van der Waals surface area contributed by atoms with E-state index in [1.54, 1.807) is 7.11 Å². The van der Waals surface area contributed by atoms with Crippen molar-refractivity contribution in [1.29, 1.82) is 0 Å². The summed E-state index contributed by atoms with van der Waals surface area (Å²) < 4.78 is 17.1. The Hall–Kier alpha value is -0.870. The summed E-state index contributed by atoms with van der Waals surface area (Å²) in [5, 5.41) is 3.18. The van der Waals surface area contributed by atoms with Gasteiger partial charge in [-0.05, 0) is 45.0 Å². The predicted octanol–water partition coefficient (Wildman–Crippen LogP) is 2.19. The summed E-state index contributed by atoms with van der Waals surface area (Å²) >= 11 is 0. The van der Waals surface area contributed by atoms with Crippen LogP contribution in [0.25, 0.3) is 0 Å². The molecule has 1 aromatic rings. The van der Waals surface area contributed by atoms with Crippen LogP contribution in [0.1, 0.15) is 19.8 Å². The van der Waals surface area contributed by atoms with Crippen LogP contribution < -0.4 is 10.1 Å². The first-order chi connectivity index (χ1) is 8.17. The third kappa shape index (κ3) is 4.88. The van der Waals surface area contributed by atoms with E-state index >= 15 is 0 Å². The fourth-order valence-corrected chi connectivity index (χ4v) is 2.67. The summed E-state index contributed by atoms with van der Waals surface area (Å²) in [7, 11) is 2.65. The quantitative estimate of drug-likeness (QED) is 0.811. The maximum Gasteiger partial charge on any atom is 0.120 e. The first kappa shape index (κ1) is 14.2. The summed E-state index contributed by atoms with van der Waals surface area (Å²) in [5.41, 5.74) is 0. The van der Waals surface area contributed by atoms with E-state index in [1.165, 1.54) is 0 Å². The van der Waals surface area contributed by atoms with Crippen LogP contribution in [0.3, 0.4) is 0 Å². The number of ether oxygens (including phenoxy) is 1. The minimum absolute atomic E-state index is 0.484. The fraction of sp³-hybridized carbons (Fsp3) is 0.538. The van der Waals surface area contributed by atoms with Crippen LogP contribution in [-0.2, 0) is 10.8 Å². The van der Waals surface area contributed by atoms with Gasteiger partial charge >= 0.3 is 0 Å². The molecule has 2 unspecified atom stereocenters. The van der Waals surface area contributed by atoms with Crippen molar-refractivity contribution in [3.05, 3.63) is 24.3 Å². The molecule has 0 aliphatic rings. The average molecular weight is 255 g/mol. The third-order valence-electron chi connectivity index (χ3n) is 2.76. The molecule has 0 aliphatic carbocycles. The lowest BCUT2D eigenvalue weighted by molar-refractivity contribution is 0.413. The summed E-state index contributed by atoms with van der Waals surface area (Å²) in [4.78, 5) is 0.849. The van der Waals surface area contributed by atoms with Crippen LogP contribution in [0.15, 0.2) is 29.2 Å². The van der Waals surface area contributed by atoms with Crippen molar-refractivity contribution in [3.8, 4) is 5.75 Å². The van der Waals surface area contributed by atoms with Crippen LogP contribution in [0.4, 0.5) is 0 Å². The van der Waals surface area contributed by atoms with Crippen molar-refractivity contribution in [3.63, 3.8) is 0 Å². The molecule has 96 valence electrons. The molecular weight excluding hydrogens is 234 g/mol. The smallest absolute Gasteiger partial charge is 0.120 e. The second kappa shape index (κ2) is 7.45. The van der Waals surface area contributed by atoms with Crippen LogP contribution in [-0.4, -0.2) is 30.2 Å². The van der Waals surface area contributed by atoms with Gasteiger partial charge in [-0.2, -0.15) is 0 Å². The molecule has 0 saturated heterocycles. The van der Waals surface area contributed by atoms with Crippen molar-refractivity contribution >= 4 is 10.8 Å². The molecule has 1 aromatic carbocycles. The van der Waals surface area contributed by atoms with E-state index in [2.05, 4.69) is 12.2 Å². The number of methoxy groups -OCH3 is 1. The zero-order valence-electron chi connectivity index (χ0n) is 10.7. The van der Waals surface area contributed by atoms with Crippen LogP contribution in [0, 0.1) is 0 Å². The van der Waals surface area contributed by atoms with Gasteiger partial charge in [0.25, 0.3) is 0 Å². The van der Waals surface area contributed by atoms with Gasteiger partial charge in [0.15, 0.2) is 0 Å². The maximum absolute atomic E-state index is 12.0. The minimum Gasteiger partial charge on any atom is -0.497 e. The number of benzene rings is 1. The molecule has 0 radical (unpaired) electrons. The normalized spacial score (nSPS) is 14.3. The van der Waals surface area contributed by atoms with E-state index in [0.29, 0.717) is 11.8 Å². The molecule has 4 heteroatoms. The van der Waals surface area contributed by atoms with Crippen LogP contribution >= 0.6 is 0 Å².